The molecule has 1 aromatic carbocycles. The smallest absolute Gasteiger partial charge is 0.348 e. The van der Waals surface area contributed by atoms with Crippen LogP contribution >= 0.6 is 11.6 Å². The molecule has 0 unspecified atom stereocenters. The van der Waals surface area contributed by atoms with Crippen LogP contribution in [0.25, 0.3) is 11.2 Å². The van der Waals surface area contributed by atoms with Gasteiger partial charge in [0.15, 0.2) is 28.8 Å². The normalized spacial score (nSPS) is 23.2. The maximum absolute atomic E-state index is 12.2. The number of aromatic nitrogens is 4. The van der Waals surface area contributed by atoms with Crippen molar-refractivity contribution in [2.45, 2.75) is 55.9 Å². The van der Waals surface area contributed by atoms with E-state index in [1.54, 1.807) is 30.3 Å². The minimum absolute atomic E-state index is 0.0229. The van der Waals surface area contributed by atoms with E-state index in [9.17, 15) is 30.0 Å². The molecule has 5 N–H and O–H groups in total. The van der Waals surface area contributed by atoms with Crippen LogP contribution in [0.4, 0.5) is 5.82 Å². The summed E-state index contributed by atoms with van der Waals surface area (Å²) in [5, 5.41) is 44.9. The number of benzene rings is 1. The molecule has 0 aliphatic carbocycles. The molecule has 1 saturated heterocycles. The average molecular weight is 560 g/mol. The zero-order chi connectivity index (χ0) is 28.5. The first kappa shape index (κ1) is 28.2. The van der Waals surface area contributed by atoms with Gasteiger partial charge in [0, 0.05) is 12.5 Å². The molecular weight excluding hydrogens is 534 g/mol. The van der Waals surface area contributed by atoms with E-state index in [2.05, 4.69) is 26.2 Å². The van der Waals surface area contributed by atoms with Crippen LogP contribution in [0.2, 0.25) is 5.28 Å². The van der Waals surface area contributed by atoms with Gasteiger partial charge in [-0.05, 0) is 31.0 Å². The first-order chi connectivity index (χ1) is 18.4. The Bertz CT molecular complexity index is 1410. The van der Waals surface area contributed by atoms with Crippen molar-refractivity contribution < 1.29 is 39.5 Å². The number of fused-ring (bicyclic) bond motifs is 1. The summed E-state index contributed by atoms with van der Waals surface area (Å²) in [6, 6.07) is 8.00. The predicted molar refractivity (Wildman–Crippen MR) is 137 cm³/mol. The number of imidazole rings is 1. The second-order valence-electron chi connectivity index (χ2n) is 9.30. The molecule has 1 aliphatic rings. The monoisotopic (exact) mass is 559 g/mol. The molecule has 3 aromatic rings. The summed E-state index contributed by atoms with van der Waals surface area (Å²) in [4.78, 5) is 36.9. The number of aliphatic hydroxyl groups excluding tert-OH is 1. The number of rotatable bonds is 10. The topological polar surface area (TPSA) is 189 Å². The third-order valence-corrected chi connectivity index (χ3v) is 6.48. The van der Waals surface area contributed by atoms with Gasteiger partial charge in [0.25, 0.3) is 5.60 Å². The molecule has 4 rings (SSSR count). The van der Waals surface area contributed by atoms with E-state index >= 15 is 0 Å². The molecule has 4 atom stereocenters. The number of carboxylic acids is 2. The minimum Gasteiger partial charge on any atom is -0.479 e. The number of nitrogens with zero attached hydrogens (tertiary/aromatic N) is 4. The van der Waals surface area contributed by atoms with Crippen molar-refractivity contribution >= 4 is 40.5 Å². The number of halogens is 1. The number of terminal acetylenes is 1. The highest BCUT2D eigenvalue weighted by atomic mass is 35.5. The van der Waals surface area contributed by atoms with Gasteiger partial charge in [0.1, 0.15) is 12.2 Å². The summed E-state index contributed by atoms with van der Waals surface area (Å²) in [7, 11) is 0. The lowest BCUT2D eigenvalue weighted by atomic mass is 9.92. The summed E-state index contributed by atoms with van der Waals surface area (Å²) in [5.74, 6) is -1.14. The maximum Gasteiger partial charge on any atom is 0.348 e. The van der Waals surface area contributed by atoms with Crippen LogP contribution in [-0.4, -0.2) is 87.9 Å². The highest BCUT2D eigenvalue weighted by Gasteiger charge is 2.58. The fourth-order valence-corrected chi connectivity index (χ4v) is 4.45. The Kier molecular flexibility index (Phi) is 7.78. The van der Waals surface area contributed by atoms with Gasteiger partial charge in [-0.1, -0.05) is 36.3 Å². The van der Waals surface area contributed by atoms with Gasteiger partial charge in [-0.3, -0.25) is 4.57 Å². The number of carboxylic acid groups (broad SMARTS) is 2. The number of aliphatic carboxylic acids is 2. The van der Waals surface area contributed by atoms with E-state index in [0.29, 0.717) is 16.9 Å². The van der Waals surface area contributed by atoms with Gasteiger partial charge in [0.05, 0.1) is 12.9 Å². The molecular formula is C25H26ClN5O8. The van der Waals surface area contributed by atoms with E-state index in [4.69, 9.17) is 27.5 Å². The zero-order valence-corrected chi connectivity index (χ0v) is 21.6. The van der Waals surface area contributed by atoms with Crippen LogP contribution in [0.1, 0.15) is 25.6 Å². The number of anilines is 1. The van der Waals surface area contributed by atoms with Gasteiger partial charge in [-0.2, -0.15) is 9.97 Å². The highest BCUT2D eigenvalue weighted by Crippen LogP contribution is 2.39. The van der Waals surface area contributed by atoms with E-state index in [1.807, 2.05) is 13.8 Å². The number of ether oxygens (including phenoxy) is 2. The van der Waals surface area contributed by atoms with Crippen LogP contribution in [0.15, 0.2) is 36.7 Å². The molecule has 1 aliphatic heterocycles. The standard InChI is InChI=1S/C25H26ClN5O8/c1-4-24(37)15(11-38-25(21(33)34,22(35)36)10-14-8-6-5-7-9-14)39-20(17(24)32)31-12-27-16-18(28-13(2)3)29-23(26)30-19(16)31/h1,5-9,12-13,15,17,20,32,37H,10-11H2,2-3H3,(H,33,34)(H,35,36)(H,28,29,30)/t15-,17+,20-,24-/m1/s1. The van der Waals surface area contributed by atoms with E-state index < -0.39 is 54.6 Å². The van der Waals surface area contributed by atoms with Crippen LogP contribution in [-0.2, 0) is 25.5 Å². The van der Waals surface area contributed by atoms with E-state index in [-0.39, 0.29) is 17.0 Å². The SMILES string of the molecule is C#C[C@@]1(O)[C@@H](COC(Cc2ccccc2)(C(=O)O)C(=O)O)O[C@@H](n2cnc3c(NC(C)C)nc(Cl)nc32)[C@@H]1O. The number of nitrogens with one attached hydrogen (secondary N) is 1. The van der Waals surface area contributed by atoms with Gasteiger partial charge in [-0.25, -0.2) is 14.6 Å². The third-order valence-electron chi connectivity index (χ3n) is 6.31. The minimum atomic E-state index is -2.73. The summed E-state index contributed by atoms with van der Waals surface area (Å²) >= 11 is 6.10. The van der Waals surface area contributed by atoms with Crippen molar-refractivity contribution in [2.75, 3.05) is 11.9 Å². The number of hydrogen-bond acceptors (Lipinski definition) is 10. The first-order valence-corrected chi connectivity index (χ1v) is 12.2. The van der Waals surface area contributed by atoms with Crippen LogP contribution < -0.4 is 5.32 Å². The average Bonchev–Trinajstić information content (AvgIpc) is 3.40. The van der Waals surface area contributed by atoms with Crippen molar-refractivity contribution in [2.24, 2.45) is 0 Å². The second-order valence-corrected chi connectivity index (χ2v) is 9.64. The molecule has 14 heteroatoms. The molecule has 2 aromatic heterocycles. The molecule has 39 heavy (non-hydrogen) atoms. The van der Waals surface area contributed by atoms with Gasteiger partial charge in [0.2, 0.25) is 5.28 Å². The number of carbonyl (C=O) groups is 2. The molecule has 1 fully saturated rings. The molecule has 0 bridgehead atoms. The molecule has 206 valence electrons. The van der Waals surface area contributed by atoms with Crippen molar-refractivity contribution in [3.05, 3.63) is 47.5 Å². The Hall–Kier alpha value is -3.80. The lowest BCUT2D eigenvalue weighted by molar-refractivity contribution is -0.191. The Morgan fingerprint density at radius 1 is 1.28 bits per heavy atom. The van der Waals surface area contributed by atoms with Crippen molar-refractivity contribution in [1.29, 1.82) is 0 Å². The molecule has 0 radical (unpaired) electrons. The largest absolute Gasteiger partial charge is 0.479 e. The van der Waals surface area contributed by atoms with Crippen LogP contribution in [0.5, 0.6) is 0 Å². The van der Waals surface area contributed by atoms with Gasteiger partial charge < -0.3 is 35.2 Å². The fourth-order valence-electron chi connectivity index (χ4n) is 4.29. The highest BCUT2D eigenvalue weighted by molar-refractivity contribution is 6.28. The Morgan fingerprint density at radius 2 is 1.95 bits per heavy atom. The fraction of sp³-hybridized carbons (Fsp3) is 0.400. The quantitative estimate of drug-likeness (QED) is 0.135. The maximum atomic E-state index is 12.2. The summed E-state index contributed by atoms with van der Waals surface area (Å²) < 4.78 is 12.6. The molecule has 0 spiro atoms. The molecule has 3 heterocycles. The molecule has 0 saturated carbocycles. The third kappa shape index (κ3) is 5.12. The lowest BCUT2D eigenvalue weighted by Crippen LogP contribution is -2.55. The Balaban J connectivity index is 1.66. The zero-order valence-electron chi connectivity index (χ0n) is 20.9. The van der Waals surface area contributed by atoms with Crippen molar-refractivity contribution in [1.82, 2.24) is 19.5 Å². The van der Waals surface area contributed by atoms with Gasteiger partial charge >= 0.3 is 11.9 Å². The van der Waals surface area contributed by atoms with E-state index in [0.717, 1.165) is 0 Å². The van der Waals surface area contributed by atoms with Crippen LogP contribution in [0.3, 0.4) is 0 Å². The summed E-state index contributed by atoms with van der Waals surface area (Å²) in [5.41, 5.74) is -4.30. The molecule has 0 amide bonds. The Labute approximate surface area is 227 Å². The Morgan fingerprint density at radius 3 is 2.54 bits per heavy atom. The predicted octanol–water partition coefficient (Wildman–Crippen LogP) is 1.09. The van der Waals surface area contributed by atoms with Crippen molar-refractivity contribution in [3.63, 3.8) is 0 Å². The number of aliphatic hydroxyl groups is 2. The summed E-state index contributed by atoms with van der Waals surface area (Å²) in [6.45, 7) is 2.97. The number of hydrogen-bond donors (Lipinski definition) is 5. The second kappa shape index (κ2) is 10.8. The van der Waals surface area contributed by atoms with Crippen molar-refractivity contribution in [3.8, 4) is 12.3 Å². The van der Waals surface area contributed by atoms with E-state index in [1.165, 1.54) is 10.9 Å². The first-order valence-electron chi connectivity index (χ1n) is 11.8. The molecule has 13 nitrogen and oxygen atoms in total. The van der Waals surface area contributed by atoms with Gasteiger partial charge in [-0.15, -0.1) is 6.42 Å². The summed E-state index contributed by atoms with van der Waals surface area (Å²) in [6.07, 6.45) is 1.61. The lowest BCUT2D eigenvalue weighted by Gasteiger charge is -2.30. The van der Waals surface area contributed by atoms with Crippen LogP contribution in [0, 0.1) is 12.3 Å².